The molecule has 1 unspecified atom stereocenters. The van der Waals surface area contributed by atoms with Gasteiger partial charge >= 0.3 is 0 Å². The van der Waals surface area contributed by atoms with Crippen molar-refractivity contribution in [2.45, 2.75) is 19.4 Å². The Morgan fingerprint density at radius 3 is 2.75 bits per heavy atom. The maximum absolute atomic E-state index is 13.1. The van der Waals surface area contributed by atoms with Crippen LogP contribution in [0, 0.1) is 17.1 Å². The molecule has 102 valence electrons. The van der Waals surface area contributed by atoms with Crippen LogP contribution < -0.4 is 5.32 Å². The zero-order chi connectivity index (χ0) is 14.5. The average Bonchev–Trinajstić information content (AvgIpc) is 2.44. The molecule has 0 saturated heterocycles. The van der Waals surface area contributed by atoms with E-state index in [2.05, 4.69) is 31.4 Å². The number of nitrogens with zero attached hydrogens (tertiary/aromatic N) is 3. The largest absolute Gasteiger partial charge is 0.366 e. The zero-order valence-electron chi connectivity index (χ0n) is 10.8. The molecule has 0 spiro atoms. The minimum Gasteiger partial charge on any atom is -0.366 e. The number of anilines is 1. The number of rotatable bonds is 4. The summed E-state index contributed by atoms with van der Waals surface area (Å²) < 4.78 is 13.6. The molecule has 2 aromatic rings. The molecule has 0 radical (unpaired) electrons. The Bertz CT molecular complexity index is 637. The topological polar surface area (TPSA) is 61.6 Å². The highest BCUT2D eigenvalue weighted by Crippen LogP contribution is 2.18. The van der Waals surface area contributed by atoms with E-state index in [-0.39, 0.29) is 17.6 Å². The monoisotopic (exact) mass is 334 g/mol. The first kappa shape index (κ1) is 14.4. The van der Waals surface area contributed by atoms with Crippen molar-refractivity contribution in [1.82, 2.24) is 10.2 Å². The first-order chi connectivity index (χ1) is 9.58. The summed E-state index contributed by atoms with van der Waals surface area (Å²) in [5.41, 5.74) is 1.30. The summed E-state index contributed by atoms with van der Waals surface area (Å²) in [5, 5.41) is 19.5. The molecule has 0 aliphatic carbocycles. The molecule has 6 heteroatoms. The fourth-order valence-corrected chi connectivity index (χ4v) is 2.22. The zero-order valence-corrected chi connectivity index (χ0v) is 12.4. The highest BCUT2D eigenvalue weighted by molar-refractivity contribution is 9.10. The third kappa shape index (κ3) is 3.75. The Hall–Kier alpha value is -2.00. The molecule has 0 aliphatic rings. The smallest absolute Gasteiger partial charge is 0.163 e. The number of hydrogen-bond donors (Lipinski definition) is 1. The predicted octanol–water partition coefficient (Wildman–Crippen LogP) is 3.29. The normalized spacial score (nSPS) is 11.7. The fraction of sp³-hybridized carbons (Fsp3) is 0.214. The van der Waals surface area contributed by atoms with Gasteiger partial charge < -0.3 is 5.32 Å². The van der Waals surface area contributed by atoms with E-state index in [0.29, 0.717) is 10.3 Å². The van der Waals surface area contributed by atoms with Gasteiger partial charge in [0, 0.05) is 6.04 Å². The lowest BCUT2D eigenvalue weighted by molar-refractivity contribution is 0.619. The molecule has 2 rings (SSSR count). The SMILES string of the molecule is CC(Cc1ccc(F)c(Br)c1)Nc1ccc(C#N)nn1. The molecule has 0 aliphatic heterocycles. The second kappa shape index (κ2) is 6.44. The molecular weight excluding hydrogens is 323 g/mol. The lowest BCUT2D eigenvalue weighted by Gasteiger charge is -2.14. The van der Waals surface area contributed by atoms with Crippen LogP contribution in [0.3, 0.4) is 0 Å². The van der Waals surface area contributed by atoms with Crippen LogP contribution in [0.5, 0.6) is 0 Å². The van der Waals surface area contributed by atoms with Crippen LogP contribution in [-0.2, 0) is 6.42 Å². The van der Waals surface area contributed by atoms with E-state index in [1.165, 1.54) is 6.07 Å². The Morgan fingerprint density at radius 1 is 1.35 bits per heavy atom. The second-order valence-corrected chi connectivity index (χ2v) is 5.27. The third-order valence-corrected chi connectivity index (χ3v) is 3.31. The Labute approximate surface area is 124 Å². The maximum Gasteiger partial charge on any atom is 0.163 e. The van der Waals surface area contributed by atoms with Gasteiger partial charge in [0.25, 0.3) is 0 Å². The van der Waals surface area contributed by atoms with Crippen LogP contribution in [0.25, 0.3) is 0 Å². The third-order valence-electron chi connectivity index (χ3n) is 2.70. The first-order valence-electron chi connectivity index (χ1n) is 6.03. The fourth-order valence-electron chi connectivity index (χ4n) is 1.79. The number of benzene rings is 1. The molecule has 1 aromatic heterocycles. The average molecular weight is 335 g/mol. The minimum atomic E-state index is -0.271. The van der Waals surface area contributed by atoms with E-state index >= 15 is 0 Å². The number of aromatic nitrogens is 2. The van der Waals surface area contributed by atoms with E-state index < -0.39 is 0 Å². The van der Waals surface area contributed by atoms with Crippen LogP contribution in [0.2, 0.25) is 0 Å². The van der Waals surface area contributed by atoms with Crippen LogP contribution in [-0.4, -0.2) is 16.2 Å². The molecule has 0 fully saturated rings. The van der Waals surface area contributed by atoms with E-state index in [1.807, 2.05) is 13.0 Å². The molecule has 1 N–H and O–H groups in total. The minimum absolute atomic E-state index is 0.106. The van der Waals surface area contributed by atoms with Crippen LogP contribution in [0.15, 0.2) is 34.8 Å². The lowest BCUT2D eigenvalue weighted by Crippen LogP contribution is -2.19. The van der Waals surface area contributed by atoms with Gasteiger partial charge in [0.2, 0.25) is 0 Å². The van der Waals surface area contributed by atoms with E-state index in [9.17, 15) is 4.39 Å². The summed E-state index contributed by atoms with van der Waals surface area (Å²) in [4.78, 5) is 0. The molecular formula is C14H12BrFN4. The molecule has 0 saturated carbocycles. The predicted molar refractivity (Wildman–Crippen MR) is 77.6 cm³/mol. The lowest BCUT2D eigenvalue weighted by atomic mass is 10.1. The van der Waals surface area contributed by atoms with Gasteiger partial charge in [-0.1, -0.05) is 6.07 Å². The highest BCUT2D eigenvalue weighted by atomic mass is 79.9. The van der Waals surface area contributed by atoms with Gasteiger partial charge in [-0.05, 0) is 59.1 Å². The van der Waals surface area contributed by atoms with Gasteiger partial charge in [-0.2, -0.15) is 5.26 Å². The molecule has 1 heterocycles. The van der Waals surface area contributed by atoms with Crippen LogP contribution in [0.1, 0.15) is 18.2 Å². The highest BCUT2D eigenvalue weighted by Gasteiger charge is 2.07. The Kier molecular flexibility index (Phi) is 4.64. The molecule has 1 atom stereocenters. The van der Waals surface area contributed by atoms with Crippen molar-refractivity contribution in [2.75, 3.05) is 5.32 Å². The van der Waals surface area contributed by atoms with Gasteiger partial charge in [-0.3, -0.25) is 0 Å². The van der Waals surface area contributed by atoms with Crippen molar-refractivity contribution < 1.29 is 4.39 Å². The summed E-state index contributed by atoms with van der Waals surface area (Å²) in [6.07, 6.45) is 0.723. The number of hydrogen-bond acceptors (Lipinski definition) is 4. The molecule has 0 amide bonds. The molecule has 4 nitrogen and oxygen atoms in total. The van der Waals surface area contributed by atoms with Crippen LogP contribution in [0.4, 0.5) is 10.2 Å². The van der Waals surface area contributed by atoms with Crippen molar-refractivity contribution in [3.05, 3.63) is 51.9 Å². The summed E-state index contributed by atoms with van der Waals surface area (Å²) in [6.45, 7) is 2.00. The van der Waals surface area contributed by atoms with E-state index in [4.69, 9.17) is 5.26 Å². The molecule has 0 bridgehead atoms. The summed E-state index contributed by atoms with van der Waals surface area (Å²) in [7, 11) is 0. The van der Waals surface area contributed by atoms with Gasteiger partial charge in [-0.15, -0.1) is 10.2 Å². The summed E-state index contributed by atoms with van der Waals surface area (Å²) >= 11 is 3.17. The van der Waals surface area contributed by atoms with Crippen molar-refractivity contribution in [1.29, 1.82) is 5.26 Å². The van der Waals surface area contributed by atoms with Crippen LogP contribution >= 0.6 is 15.9 Å². The van der Waals surface area contributed by atoms with Crippen molar-refractivity contribution in [2.24, 2.45) is 0 Å². The number of nitriles is 1. The Morgan fingerprint density at radius 2 is 2.15 bits per heavy atom. The van der Waals surface area contributed by atoms with Crippen molar-refractivity contribution in [3.63, 3.8) is 0 Å². The van der Waals surface area contributed by atoms with Gasteiger partial charge in [0.15, 0.2) is 5.69 Å². The number of halogens is 2. The first-order valence-corrected chi connectivity index (χ1v) is 6.82. The van der Waals surface area contributed by atoms with Gasteiger partial charge in [0.05, 0.1) is 4.47 Å². The van der Waals surface area contributed by atoms with E-state index in [0.717, 1.165) is 12.0 Å². The second-order valence-electron chi connectivity index (χ2n) is 4.41. The van der Waals surface area contributed by atoms with Crippen molar-refractivity contribution in [3.8, 4) is 6.07 Å². The van der Waals surface area contributed by atoms with E-state index in [1.54, 1.807) is 24.3 Å². The van der Waals surface area contributed by atoms with Gasteiger partial charge in [0.1, 0.15) is 17.7 Å². The maximum atomic E-state index is 13.1. The molecule has 20 heavy (non-hydrogen) atoms. The number of nitrogens with one attached hydrogen (secondary N) is 1. The summed E-state index contributed by atoms with van der Waals surface area (Å²) in [5.74, 6) is 0.338. The Balaban J connectivity index is 1.99. The quantitative estimate of drug-likeness (QED) is 0.931. The molecule has 1 aromatic carbocycles. The van der Waals surface area contributed by atoms with Gasteiger partial charge in [-0.25, -0.2) is 4.39 Å². The summed E-state index contributed by atoms with van der Waals surface area (Å²) in [6, 6.07) is 10.3. The van der Waals surface area contributed by atoms with Crippen molar-refractivity contribution >= 4 is 21.7 Å². The standard InChI is InChI=1S/C14H12BrFN4/c1-9(6-10-2-4-13(16)12(15)7-10)18-14-5-3-11(8-17)19-20-14/h2-5,7,9H,6H2,1H3,(H,18,20).